The summed E-state index contributed by atoms with van der Waals surface area (Å²) in [4.78, 5) is 16.1. The Kier molecular flexibility index (Phi) is 4.82. The topological polar surface area (TPSA) is 96.4 Å². The molecule has 128 valence electrons. The summed E-state index contributed by atoms with van der Waals surface area (Å²) in [6, 6.07) is 14.9. The zero-order valence-electron chi connectivity index (χ0n) is 12.9. The number of nitrogens with zero attached hydrogens (tertiary/aromatic N) is 1. The number of carbonyl (C=O) groups excluding carboxylic acids is 1. The van der Waals surface area contributed by atoms with Crippen molar-refractivity contribution < 1.29 is 18.3 Å². The van der Waals surface area contributed by atoms with E-state index in [-0.39, 0.29) is 27.2 Å². The van der Waals surface area contributed by atoms with Gasteiger partial charge in [0.05, 0.1) is 11.3 Å². The first-order valence-corrected chi connectivity index (χ1v) is 9.80. The molecule has 2 aromatic carbocycles. The molecule has 2 N–H and O–H groups in total. The quantitative estimate of drug-likeness (QED) is 0.715. The summed E-state index contributed by atoms with van der Waals surface area (Å²) in [6.45, 7) is 0. The molecule has 0 spiro atoms. The number of thiazole rings is 1. The van der Waals surface area contributed by atoms with Crippen LogP contribution in [-0.4, -0.2) is 24.4 Å². The number of carbonyl (C=O) groups is 1. The third-order valence-corrected chi connectivity index (χ3v) is 5.84. The average Bonchev–Trinajstić information content (AvgIpc) is 3.05. The molecule has 3 aromatic rings. The van der Waals surface area contributed by atoms with Crippen LogP contribution in [0.4, 0.5) is 5.13 Å². The molecule has 0 fully saturated rings. The van der Waals surface area contributed by atoms with Gasteiger partial charge in [-0.15, -0.1) is 11.3 Å². The monoisotopic (exact) mass is 374 g/mol. The second kappa shape index (κ2) is 7.04. The SMILES string of the molecule is O=C(Nc1nc(S(=O)(=O)Cc2ccccc2)cs1)c1ccccc1O. The van der Waals surface area contributed by atoms with E-state index in [0.717, 1.165) is 11.3 Å². The third kappa shape index (κ3) is 4.04. The van der Waals surface area contributed by atoms with Gasteiger partial charge in [-0.2, -0.15) is 0 Å². The van der Waals surface area contributed by atoms with Crippen LogP contribution < -0.4 is 5.32 Å². The summed E-state index contributed by atoms with van der Waals surface area (Å²) in [5, 5.41) is 13.6. The highest BCUT2D eigenvalue weighted by molar-refractivity contribution is 7.90. The fourth-order valence-electron chi connectivity index (χ4n) is 2.16. The van der Waals surface area contributed by atoms with E-state index in [9.17, 15) is 18.3 Å². The summed E-state index contributed by atoms with van der Waals surface area (Å²) in [6.07, 6.45) is 0. The van der Waals surface area contributed by atoms with Crippen molar-refractivity contribution in [3.05, 3.63) is 71.1 Å². The number of aromatic nitrogens is 1. The van der Waals surface area contributed by atoms with Crippen LogP contribution in [-0.2, 0) is 15.6 Å². The van der Waals surface area contributed by atoms with Crippen molar-refractivity contribution in [1.29, 1.82) is 0 Å². The van der Waals surface area contributed by atoms with E-state index in [4.69, 9.17) is 0 Å². The highest BCUT2D eigenvalue weighted by Gasteiger charge is 2.20. The maximum atomic E-state index is 12.4. The summed E-state index contributed by atoms with van der Waals surface area (Å²) in [5.74, 6) is -0.877. The molecule has 0 aliphatic heterocycles. The number of nitrogens with one attached hydrogen (secondary N) is 1. The first kappa shape index (κ1) is 17.1. The van der Waals surface area contributed by atoms with Crippen molar-refractivity contribution in [2.24, 2.45) is 0 Å². The number of phenolic OH excluding ortho intramolecular Hbond substituents is 1. The number of sulfone groups is 1. The maximum Gasteiger partial charge on any atom is 0.261 e. The van der Waals surface area contributed by atoms with Gasteiger partial charge in [-0.1, -0.05) is 42.5 Å². The number of aromatic hydroxyl groups is 1. The smallest absolute Gasteiger partial charge is 0.261 e. The van der Waals surface area contributed by atoms with E-state index in [1.54, 1.807) is 36.4 Å². The maximum absolute atomic E-state index is 12.4. The van der Waals surface area contributed by atoms with Gasteiger partial charge in [0.2, 0.25) is 9.84 Å². The predicted molar refractivity (Wildman–Crippen MR) is 95.5 cm³/mol. The molecule has 0 unspecified atom stereocenters. The summed E-state index contributed by atoms with van der Waals surface area (Å²) in [7, 11) is -3.60. The molecule has 25 heavy (non-hydrogen) atoms. The standard InChI is InChI=1S/C17H14N2O4S2/c20-14-9-5-4-8-13(14)16(21)19-17-18-15(10-24-17)25(22,23)11-12-6-2-1-3-7-12/h1-10,20H,11H2,(H,18,19,21). The minimum Gasteiger partial charge on any atom is -0.507 e. The Hall–Kier alpha value is -2.71. The molecule has 0 radical (unpaired) electrons. The molecule has 0 atom stereocenters. The van der Waals surface area contributed by atoms with Crippen LogP contribution in [0, 0.1) is 0 Å². The molecule has 6 nitrogen and oxygen atoms in total. The van der Waals surface area contributed by atoms with Crippen molar-refractivity contribution in [1.82, 2.24) is 4.98 Å². The molecule has 0 saturated carbocycles. The zero-order chi connectivity index (χ0) is 17.9. The highest BCUT2D eigenvalue weighted by atomic mass is 32.2. The highest BCUT2D eigenvalue weighted by Crippen LogP contribution is 2.24. The lowest BCUT2D eigenvalue weighted by Gasteiger charge is -2.04. The van der Waals surface area contributed by atoms with Gasteiger partial charge in [-0.3, -0.25) is 10.1 Å². The van der Waals surface area contributed by atoms with Gasteiger partial charge in [-0.25, -0.2) is 13.4 Å². The Morgan fingerprint density at radius 2 is 1.76 bits per heavy atom. The summed E-state index contributed by atoms with van der Waals surface area (Å²) >= 11 is 1.01. The Labute approximate surface area is 148 Å². The van der Waals surface area contributed by atoms with Crippen LogP contribution in [0.3, 0.4) is 0 Å². The molecule has 8 heteroatoms. The molecule has 1 amide bonds. The van der Waals surface area contributed by atoms with E-state index < -0.39 is 15.7 Å². The van der Waals surface area contributed by atoms with Crippen molar-refractivity contribution in [3.63, 3.8) is 0 Å². The van der Waals surface area contributed by atoms with Crippen LogP contribution in [0.15, 0.2) is 65.0 Å². The number of para-hydroxylation sites is 1. The van der Waals surface area contributed by atoms with Crippen LogP contribution in [0.2, 0.25) is 0 Å². The second-order valence-electron chi connectivity index (χ2n) is 5.21. The Morgan fingerprint density at radius 1 is 1.08 bits per heavy atom. The second-order valence-corrected chi connectivity index (χ2v) is 8.00. The van der Waals surface area contributed by atoms with Crippen LogP contribution >= 0.6 is 11.3 Å². The van der Waals surface area contributed by atoms with Crippen LogP contribution in [0.25, 0.3) is 0 Å². The lowest BCUT2D eigenvalue weighted by atomic mass is 10.2. The lowest BCUT2D eigenvalue weighted by molar-refractivity contribution is 0.102. The molecule has 1 aromatic heterocycles. The number of anilines is 1. The summed E-state index contributed by atoms with van der Waals surface area (Å²) < 4.78 is 24.8. The van der Waals surface area contributed by atoms with Gasteiger partial charge in [0, 0.05) is 5.38 Å². The normalized spacial score (nSPS) is 11.2. The number of rotatable bonds is 5. The molecule has 3 rings (SSSR count). The van der Waals surface area contributed by atoms with E-state index in [0.29, 0.717) is 5.56 Å². The average molecular weight is 374 g/mol. The molecule has 0 aliphatic carbocycles. The first-order chi connectivity index (χ1) is 12.0. The van der Waals surface area contributed by atoms with Crippen molar-refractivity contribution in [2.75, 3.05) is 5.32 Å². The molecule has 0 bridgehead atoms. The fourth-order valence-corrected chi connectivity index (χ4v) is 4.52. The Morgan fingerprint density at radius 3 is 2.48 bits per heavy atom. The van der Waals surface area contributed by atoms with Gasteiger partial charge >= 0.3 is 0 Å². The number of hydrogen-bond donors (Lipinski definition) is 2. The number of benzene rings is 2. The van der Waals surface area contributed by atoms with Crippen LogP contribution in [0.1, 0.15) is 15.9 Å². The minimum atomic E-state index is -3.60. The Bertz CT molecular complexity index is 998. The third-order valence-electron chi connectivity index (χ3n) is 3.37. The molecular weight excluding hydrogens is 360 g/mol. The number of hydrogen-bond acceptors (Lipinski definition) is 6. The zero-order valence-corrected chi connectivity index (χ0v) is 14.5. The van der Waals surface area contributed by atoms with Crippen LogP contribution in [0.5, 0.6) is 5.75 Å². The summed E-state index contributed by atoms with van der Waals surface area (Å²) in [5.41, 5.74) is 0.752. The molecule has 0 saturated heterocycles. The number of phenols is 1. The van der Waals surface area contributed by atoms with Crippen molar-refractivity contribution in [2.45, 2.75) is 10.8 Å². The van der Waals surface area contributed by atoms with Gasteiger partial charge in [0.25, 0.3) is 5.91 Å². The van der Waals surface area contributed by atoms with Crippen molar-refractivity contribution >= 4 is 32.2 Å². The molecular formula is C17H14N2O4S2. The lowest BCUT2D eigenvalue weighted by Crippen LogP contribution is -2.12. The fraction of sp³-hybridized carbons (Fsp3) is 0.0588. The van der Waals surface area contributed by atoms with E-state index >= 15 is 0 Å². The minimum absolute atomic E-state index is 0.0889. The predicted octanol–water partition coefficient (Wildman–Crippen LogP) is 3.07. The van der Waals surface area contributed by atoms with Crippen molar-refractivity contribution in [3.8, 4) is 5.75 Å². The number of amides is 1. The van der Waals surface area contributed by atoms with E-state index in [1.165, 1.54) is 17.5 Å². The molecule has 1 heterocycles. The first-order valence-electron chi connectivity index (χ1n) is 7.27. The van der Waals surface area contributed by atoms with E-state index in [1.807, 2.05) is 6.07 Å². The van der Waals surface area contributed by atoms with Gasteiger partial charge in [-0.05, 0) is 17.7 Å². The van der Waals surface area contributed by atoms with E-state index in [2.05, 4.69) is 10.3 Å². The van der Waals surface area contributed by atoms with Gasteiger partial charge < -0.3 is 5.11 Å². The Balaban J connectivity index is 1.76. The molecule has 0 aliphatic rings. The van der Waals surface area contributed by atoms with Gasteiger partial charge in [0.15, 0.2) is 10.2 Å². The largest absolute Gasteiger partial charge is 0.507 e. The van der Waals surface area contributed by atoms with Gasteiger partial charge in [0.1, 0.15) is 5.75 Å².